The van der Waals surface area contributed by atoms with E-state index in [4.69, 9.17) is 0 Å². The van der Waals surface area contributed by atoms with Crippen molar-refractivity contribution < 1.29 is 23.1 Å². The summed E-state index contributed by atoms with van der Waals surface area (Å²) < 4.78 is 38.1. The molecule has 1 aromatic heterocycles. The van der Waals surface area contributed by atoms with Crippen molar-refractivity contribution in [3.05, 3.63) is 64.0 Å². The molecule has 2 atom stereocenters. The summed E-state index contributed by atoms with van der Waals surface area (Å²) in [6, 6.07) is 6.58. The average molecular weight is 478 g/mol. The van der Waals surface area contributed by atoms with Crippen LogP contribution < -0.4 is 0 Å². The average Bonchev–Trinajstić information content (AvgIpc) is 2.76. The van der Waals surface area contributed by atoms with E-state index in [9.17, 15) is 23.1 Å². The molecule has 1 aromatic carbocycles. The van der Waals surface area contributed by atoms with Crippen molar-refractivity contribution in [2.24, 2.45) is 11.8 Å². The highest BCUT2D eigenvalue weighted by Crippen LogP contribution is 2.40. The largest absolute Gasteiger partial charge is 0.512 e. The summed E-state index contributed by atoms with van der Waals surface area (Å²) in [5.41, 5.74) is 3.90. The minimum Gasteiger partial charge on any atom is -0.512 e. The monoisotopic (exact) mass is 477 g/mol. The van der Waals surface area contributed by atoms with Crippen molar-refractivity contribution in [2.45, 2.75) is 64.6 Å². The number of benzene rings is 1. The number of ketones is 1. The van der Waals surface area contributed by atoms with Crippen molar-refractivity contribution in [3.63, 3.8) is 0 Å². The number of thioether (sulfide) groups is 1. The van der Waals surface area contributed by atoms with Crippen LogP contribution in [0.5, 0.6) is 0 Å². The number of rotatable bonds is 7. The lowest BCUT2D eigenvalue weighted by molar-refractivity contribution is -0.137. The van der Waals surface area contributed by atoms with Gasteiger partial charge in [-0.3, -0.25) is 4.79 Å². The predicted molar refractivity (Wildman–Crippen MR) is 126 cm³/mol. The number of pyridine rings is 1. The lowest BCUT2D eigenvalue weighted by atomic mass is 9.76. The molecule has 1 aliphatic carbocycles. The molecule has 1 aliphatic rings. The molecule has 0 aliphatic heterocycles. The molecule has 178 valence electrons. The fraction of sp³-hybridized carbons (Fsp3) is 0.462. The van der Waals surface area contributed by atoms with Crippen molar-refractivity contribution in [1.29, 1.82) is 0 Å². The Morgan fingerprint density at radius 1 is 1.15 bits per heavy atom. The second-order valence-corrected chi connectivity index (χ2v) is 9.79. The molecule has 3 rings (SSSR count). The number of allylic oxidation sites excluding steroid dienone is 2. The van der Waals surface area contributed by atoms with E-state index >= 15 is 0 Å². The number of aliphatic hydroxyl groups is 1. The number of carbonyl (C=O) groups excluding carboxylic acids is 1. The molecule has 2 aromatic rings. The standard InChI is InChI=1S/C26H30F3NO2S/c1-5-17-9-15(3)10-18(6-2)24(17)25-21(31)11-19(12-22(25)32)16(4)14-33-23-8-7-20(13-30-23)26(27,28)29/h7-10,13,16,19,31H,5-6,11-12,14H2,1-4H3. The smallest absolute Gasteiger partial charge is 0.417 e. The molecule has 0 fully saturated rings. The number of halogens is 3. The highest BCUT2D eigenvalue weighted by molar-refractivity contribution is 7.99. The van der Waals surface area contributed by atoms with E-state index in [1.54, 1.807) is 0 Å². The van der Waals surface area contributed by atoms with Gasteiger partial charge in [0.05, 0.1) is 16.2 Å². The summed E-state index contributed by atoms with van der Waals surface area (Å²) in [6.07, 6.45) is -1.23. The van der Waals surface area contributed by atoms with Gasteiger partial charge in [0.15, 0.2) is 5.78 Å². The van der Waals surface area contributed by atoms with Crippen molar-refractivity contribution in [1.82, 2.24) is 4.98 Å². The lowest BCUT2D eigenvalue weighted by Crippen LogP contribution is -2.25. The fourth-order valence-electron chi connectivity index (χ4n) is 4.42. The first kappa shape index (κ1) is 25.3. The van der Waals surface area contributed by atoms with Gasteiger partial charge in [0.1, 0.15) is 5.76 Å². The second kappa shape index (κ2) is 10.3. The first-order chi connectivity index (χ1) is 15.5. The predicted octanol–water partition coefficient (Wildman–Crippen LogP) is 7.21. The molecule has 0 spiro atoms. The number of carbonyl (C=O) groups is 1. The summed E-state index contributed by atoms with van der Waals surface area (Å²) in [5, 5.41) is 11.5. The zero-order valence-corrected chi connectivity index (χ0v) is 20.2. The Morgan fingerprint density at radius 3 is 2.27 bits per heavy atom. The van der Waals surface area contributed by atoms with Crippen LogP contribution in [0.1, 0.15) is 61.4 Å². The molecule has 0 radical (unpaired) electrons. The number of hydrogen-bond donors (Lipinski definition) is 1. The molecule has 3 nitrogen and oxygen atoms in total. The molecule has 0 saturated heterocycles. The van der Waals surface area contributed by atoms with Gasteiger partial charge in [0.2, 0.25) is 0 Å². The van der Waals surface area contributed by atoms with Crippen LogP contribution in [0.4, 0.5) is 13.2 Å². The SMILES string of the molecule is CCc1cc(C)cc(CC)c1C1=C(O)CC(C(C)CSc2ccc(C(F)(F)F)cn2)CC1=O. The third-order valence-electron chi connectivity index (χ3n) is 6.29. The maximum absolute atomic E-state index is 13.2. The normalized spacial score (nSPS) is 18.0. The third-order valence-corrected chi connectivity index (χ3v) is 7.52. The van der Waals surface area contributed by atoms with E-state index in [1.807, 2.05) is 13.8 Å². The van der Waals surface area contributed by atoms with Gasteiger partial charge in [-0.2, -0.15) is 13.2 Å². The van der Waals surface area contributed by atoms with E-state index in [0.717, 1.165) is 47.4 Å². The molecule has 33 heavy (non-hydrogen) atoms. The highest BCUT2D eigenvalue weighted by atomic mass is 32.2. The minimum absolute atomic E-state index is 0.0243. The zero-order valence-electron chi connectivity index (χ0n) is 19.4. The van der Waals surface area contributed by atoms with Crippen LogP contribution in [0, 0.1) is 18.8 Å². The molecule has 0 saturated carbocycles. The quantitative estimate of drug-likeness (QED) is 0.428. The van der Waals surface area contributed by atoms with E-state index in [1.165, 1.54) is 17.8 Å². The van der Waals surface area contributed by atoms with E-state index in [2.05, 4.69) is 31.0 Å². The maximum atomic E-state index is 13.2. The summed E-state index contributed by atoms with van der Waals surface area (Å²) >= 11 is 1.37. The summed E-state index contributed by atoms with van der Waals surface area (Å²) in [6.45, 7) is 8.16. The Hall–Kier alpha value is -2.28. The molecule has 1 N–H and O–H groups in total. The van der Waals surface area contributed by atoms with Crippen LogP contribution in [0.2, 0.25) is 0 Å². The van der Waals surface area contributed by atoms with E-state index < -0.39 is 11.7 Å². The van der Waals surface area contributed by atoms with Crippen LogP contribution in [-0.4, -0.2) is 21.6 Å². The van der Waals surface area contributed by atoms with Gasteiger partial charge < -0.3 is 5.11 Å². The van der Waals surface area contributed by atoms with Gasteiger partial charge in [0.25, 0.3) is 0 Å². The Kier molecular flexibility index (Phi) is 7.93. The third kappa shape index (κ3) is 5.81. The molecule has 0 bridgehead atoms. The van der Waals surface area contributed by atoms with Gasteiger partial charge >= 0.3 is 6.18 Å². The van der Waals surface area contributed by atoms with Crippen molar-refractivity contribution >= 4 is 23.1 Å². The van der Waals surface area contributed by atoms with Gasteiger partial charge in [-0.05, 0) is 60.4 Å². The first-order valence-electron chi connectivity index (χ1n) is 11.3. The lowest BCUT2D eigenvalue weighted by Gasteiger charge is -2.29. The van der Waals surface area contributed by atoms with Crippen molar-refractivity contribution in [3.8, 4) is 0 Å². The first-order valence-corrected chi connectivity index (χ1v) is 12.3. The molecular formula is C26H30F3NO2S. The number of Topliss-reactive ketones (excluding diaryl/α,β-unsaturated/α-hetero) is 1. The van der Waals surface area contributed by atoms with Gasteiger partial charge in [-0.25, -0.2) is 4.98 Å². The second-order valence-electron chi connectivity index (χ2n) is 8.75. The van der Waals surface area contributed by atoms with Crippen LogP contribution in [0.15, 0.2) is 41.2 Å². The van der Waals surface area contributed by atoms with E-state index in [-0.39, 0.29) is 23.4 Å². The number of hydrogen-bond acceptors (Lipinski definition) is 4. The molecular weight excluding hydrogens is 447 g/mol. The fourth-order valence-corrected chi connectivity index (χ4v) is 5.41. The van der Waals surface area contributed by atoms with Gasteiger partial charge in [0, 0.05) is 24.8 Å². The Balaban J connectivity index is 1.75. The highest BCUT2D eigenvalue weighted by Gasteiger charge is 2.34. The van der Waals surface area contributed by atoms with Crippen molar-refractivity contribution in [2.75, 3.05) is 5.75 Å². The topological polar surface area (TPSA) is 50.2 Å². The van der Waals surface area contributed by atoms with Gasteiger partial charge in [-0.15, -0.1) is 11.8 Å². The number of alkyl halides is 3. The Bertz CT molecular complexity index is 1020. The number of aromatic nitrogens is 1. The molecule has 7 heteroatoms. The van der Waals surface area contributed by atoms with Crippen LogP contribution >= 0.6 is 11.8 Å². The van der Waals surface area contributed by atoms with E-state index in [0.29, 0.717) is 29.2 Å². The van der Waals surface area contributed by atoms with Gasteiger partial charge in [-0.1, -0.05) is 38.5 Å². The summed E-state index contributed by atoms with van der Waals surface area (Å²) in [4.78, 5) is 17.1. The number of aryl methyl sites for hydroxylation is 3. The van der Waals surface area contributed by atoms with Crippen LogP contribution in [-0.2, 0) is 23.8 Å². The summed E-state index contributed by atoms with van der Waals surface area (Å²) in [5.74, 6) is 0.768. The maximum Gasteiger partial charge on any atom is 0.417 e. The number of aliphatic hydroxyl groups excluding tert-OH is 1. The Labute approximate surface area is 197 Å². The molecule has 2 unspecified atom stereocenters. The van der Waals surface area contributed by atoms with Crippen LogP contribution in [0.25, 0.3) is 5.57 Å². The summed E-state index contributed by atoms with van der Waals surface area (Å²) in [7, 11) is 0. The Morgan fingerprint density at radius 2 is 1.79 bits per heavy atom. The molecule has 1 heterocycles. The number of nitrogens with zero attached hydrogens (tertiary/aromatic N) is 1. The zero-order chi connectivity index (χ0) is 24.3. The molecule has 0 amide bonds. The van der Waals surface area contributed by atoms with Crippen LogP contribution in [0.3, 0.4) is 0 Å². The minimum atomic E-state index is -4.40.